The highest BCUT2D eigenvalue weighted by molar-refractivity contribution is 7.15. The molecule has 2 aromatic heterocycles. The molecule has 0 fully saturated rings. The number of hydrogen-bond acceptors (Lipinski definition) is 5. The molecule has 1 amide bonds. The lowest BCUT2D eigenvalue weighted by atomic mass is 9.87. The summed E-state index contributed by atoms with van der Waals surface area (Å²) in [6.07, 6.45) is 0. The summed E-state index contributed by atoms with van der Waals surface area (Å²) in [5.41, 5.74) is 5.29. The Morgan fingerprint density at radius 1 is 1.10 bits per heavy atom. The Bertz CT molecular complexity index is 1220. The van der Waals surface area contributed by atoms with E-state index in [0.29, 0.717) is 22.7 Å². The first-order valence-corrected chi connectivity index (χ1v) is 10.4. The minimum Gasteiger partial charge on any atom is -0.477 e. The van der Waals surface area contributed by atoms with Gasteiger partial charge in [-0.3, -0.25) is 14.7 Å². The number of aromatic nitrogens is 2. The van der Waals surface area contributed by atoms with Crippen LogP contribution in [0.5, 0.6) is 0 Å². The second kappa shape index (κ2) is 8.35. The first-order valence-electron chi connectivity index (χ1n) is 9.59. The highest BCUT2D eigenvalue weighted by Crippen LogP contribution is 2.23. The highest BCUT2D eigenvalue weighted by atomic mass is 32.1. The van der Waals surface area contributed by atoms with Gasteiger partial charge in [0.1, 0.15) is 4.88 Å². The predicted octanol–water partition coefficient (Wildman–Crippen LogP) is 3.69. The second-order valence-corrected chi connectivity index (χ2v) is 9.24. The number of aryl methyl sites for hydroxylation is 1. The number of carbonyl (C=O) groups excluding carboxylic acids is 1. The molecular formula is C22H24N4O4S. The standard InChI is InChI=1S/C22H24N4O4S/c1-12(23-24-19(27)16-10-11-17(31-16)21(29)30)18-13(2)25-26(20(18)28)15-8-6-14(7-9-15)22(3,4)5/h6-11,25H,1-5H3,(H,24,27)(H,29,30)/b23-12-. The molecule has 3 N–H and O–H groups in total. The van der Waals surface area contributed by atoms with Crippen LogP contribution < -0.4 is 11.0 Å². The van der Waals surface area contributed by atoms with Gasteiger partial charge in [0.15, 0.2) is 0 Å². The fourth-order valence-corrected chi connectivity index (χ4v) is 3.82. The van der Waals surface area contributed by atoms with Crippen molar-refractivity contribution in [1.29, 1.82) is 0 Å². The minimum absolute atomic E-state index is 0.00947. The Balaban J connectivity index is 1.84. The number of aromatic carboxylic acids is 1. The zero-order valence-corrected chi connectivity index (χ0v) is 18.8. The summed E-state index contributed by atoms with van der Waals surface area (Å²) >= 11 is 0.854. The third-order valence-electron chi connectivity index (χ3n) is 4.79. The van der Waals surface area contributed by atoms with E-state index in [0.717, 1.165) is 16.9 Å². The van der Waals surface area contributed by atoms with Gasteiger partial charge >= 0.3 is 5.97 Å². The quantitative estimate of drug-likeness (QED) is 0.414. The Morgan fingerprint density at radius 3 is 2.26 bits per heavy atom. The van der Waals surface area contributed by atoms with Gasteiger partial charge in [0.25, 0.3) is 11.5 Å². The molecule has 0 saturated carbocycles. The number of amides is 1. The number of carboxylic acid groups (broad SMARTS) is 1. The van der Waals surface area contributed by atoms with Gasteiger partial charge in [0.05, 0.1) is 21.8 Å². The molecule has 162 valence electrons. The molecule has 0 bridgehead atoms. The lowest BCUT2D eigenvalue weighted by molar-refractivity contribution is 0.0702. The largest absolute Gasteiger partial charge is 0.477 e. The van der Waals surface area contributed by atoms with Crippen molar-refractivity contribution in [3.63, 3.8) is 0 Å². The maximum Gasteiger partial charge on any atom is 0.345 e. The third-order valence-corrected chi connectivity index (χ3v) is 5.86. The number of thiophene rings is 1. The van der Waals surface area contributed by atoms with E-state index >= 15 is 0 Å². The van der Waals surface area contributed by atoms with Crippen molar-refractivity contribution < 1.29 is 14.7 Å². The van der Waals surface area contributed by atoms with Crippen LogP contribution in [0.25, 0.3) is 5.69 Å². The minimum atomic E-state index is -1.09. The number of benzene rings is 1. The van der Waals surface area contributed by atoms with Crippen molar-refractivity contribution in [2.75, 3.05) is 0 Å². The van der Waals surface area contributed by atoms with Gasteiger partial charge < -0.3 is 5.11 Å². The maximum atomic E-state index is 13.0. The molecule has 0 aliphatic rings. The van der Waals surface area contributed by atoms with E-state index in [9.17, 15) is 14.4 Å². The van der Waals surface area contributed by atoms with E-state index in [1.807, 2.05) is 24.3 Å². The molecular weight excluding hydrogens is 416 g/mol. The number of rotatable bonds is 5. The van der Waals surface area contributed by atoms with Crippen LogP contribution in [0.3, 0.4) is 0 Å². The summed E-state index contributed by atoms with van der Waals surface area (Å²) in [4.78, 5) is 36.5. The molecule has 9 heteroatoms. The van der Waals surface area contributed by atoms with Crippen molar-refractivity contribution in [2.45, 2.75) is 40.0 Å². The van der Waals surface area contributed by atoms with Crippen molar-refractivity contribution in [1.82, 2.24) is 15.2 Å². The number of H-pyrrole nitrogens is 1. The maximum absolute atomic E-state index is 13.0. The molecule has 2 heterocycles. The van der Waals surface area contributed by atoms with Crippen LogP contribution in [0.1, 0.15) is 63.9 Å². The summed E-state index contributed by atoms with van der Waals surface area (Å²) in [6.45, 7) is 9.76. The smallest absolute Gasteiger partial charge is 0.345 e. The predicted molar refractivity (Wildman–Crippen MR) is 121 cm³/mol. The van der Waals surface area contributed by atoms with Crippen molar-refractivity contribution in [3.8, 4) is 5.69 Å². The zero-order chi connectivity index (χ0) is 22.9. The topological polar surface area (TPSA) is 117 Å². The van der Waals surface area contributed by atoms with Gasteiger partial charge in [0.2, 0.25) is 0 Å². The van der Waals surface area contributed by atoms with E-state index < -0.39 is 11.9 Å². The number of carboxylic acids is 1. The number of nitrogens with zero attached hydrogens (tertiary/aromatic N) is 2. The van der Waals surface area contributed by atoms with Crippen LogP contribution in [-0.4, -0.2) is 32.5 Å². The van der Waals surface area contributed by atoms with Gasteiger partial charge in [0, 0.05) is 5.69 Å². The third kappa shape index (κ3) is 4.66. The molecule has 0 aliphatic heterocycles. The van der Waals surface area contributed by atoms with Gasteiger partial charge in [-0.05, 0) is 49.1 Å². The summed E-state index contributed by atoms with van der Waals surface area (Å²) < 4.78 is 1.44. The van der Waals surface area contributed by atoms with Crippen LogP contribution in [0.15, 0.2) is 46.3 Å². The summed E-state index contributed by atoms with van der Waals surface area (Å²) in [6, 6.07) is 10.5. The Morgan fingerprint density at radius 2 is 1.71 bits per heavy atom. The van der Waals surface area contributed by atoms with Crippen LogP contribution >= 0.6 is 11.3 Å². The molecule has 0 atom stereocenters. The number of hydrazone groups is 1. The molecule has 3 rings (SSSR count). The van der Waals surface area contributed by atoms with Crippen LogP contribution in [0.2, 0.25) is 0 Å². The van der Waals surface area contributed by atoms with Crippen molar-refractivity contribution in [3.05, 3.63) is 73.3 Å². The average Bonchev–Trinajstić information content (AvgIpc) is 3.30. The Kier molecular flexibility index (Phi) is 5.99. The molecule has 8 nitrogen and oxygen atoms in total. The lowest BCUT2D eigenvalue weighted by Crippen LogP contribution is -2.23. The number of nitrogens with one attached hydrogen (secondary N) is 2. The van der Waals surface area contributed by atoms with E-state index in [2.05, 4.69) is 36.4 Å². The number of carbonyl (C=O) groups is 2. The zero-order valence-electron chi connectivity index (χ0n) is 17.9. The fraction of sp³-hybridized carbons (Fsp3) is 0.273. The highest BCUT2D eigenvalue weighted by Gasteiger charge is 2.18. The first kappa shape index (κ1) is 22.2. The van der Waals surface area contributed by atoms with E-state index in [4.69, 9.17) is 5.11 Å². The molecule has 0 spiro atoms. The first-order chi connectivity index (χ1) is 14.5. The van der Waals surface area contributed by atoms with Gasteiger partial charge in [-0.25, -0.2) is 14.9 Å². The molecule has 0 saturated heterocycles. The Labute approximate surface area is 183 Å². The molecule has 0 radical (unpaired) electrons. The van der Waals surface area contributed by atoms with Gasteiger partial charge in [-0.15, -0.1) is 11.3 Å². The molecule has 0 aliphatic carbocycles. The number of aromatic amines is 1. The normalized spacial score (nSPS) is 12.1. The second-order valence-electron chi connectivity index (χ2n) is 8.16. The van der Waals surface area contributed by atoms with Gasteiger partial charge in [-0.2, -0.15) is 5.10 Å². The van der Waals surface area contributed by atoms with Gasteiger partial charge in [-0.1, -0.05) is 32.9 Å². The average molecular weight is 441 g/mol. The number of hydrogen-bond donors (Lipinski definition) is 3. The summed E-state index contributed by atoms with van der Waals surface area (Å²) in [5, 5.41) is 16.1. The SMILES string of the molecule is C/C(=N/NC(=O)c1ccc(C(=O)O)s1)c1c(C)[nH]n(-c2ccc(C(C)(C)C)cc2)c1=O. The van der Waals surface area contributed by atoms with Crippen molar-refractivity contribution >= 4 is 28.9 Å². The summed E-state index contributed by atoms with van der Waals surface area (Å²) in [7, 11) is 0. The molecule has 0 unspecified atom stereocenters. The van der Waals surface area contributed by atoms with E-state index in [-0.39, 0.29) is 20.7 Å². The molecule has 31 heavy (non-hydrogen) atoms. The van der Waals surface area contributed by atoms with Crippen molar-refractivity contribution in [2.24, 2.45) is 5.10 Å². The molecule has 3 aromatic rings. The fourth-order valence-electron chi connectivity index (χ4n) is 3.09. The van der Waals surface area contributed by atoms with E-state index in [1.54, 1.807) is 13.8 Å². The molecule has 1 aromatic carbocycles. The Hall–Kier alpha value is -3.46. The van der Waals surface area contributed by atoms with E-state index in [1.165, 1.54) is 16.8 Å². The lowest BCUT2D eigenvalue weighted by Gasteiger charge is -2.19. The van der Waals surface area contributed by atoms with Crippen LogP contribution in [-0.2, 0) is 5.41 Å². The van der Waals surface area contributed by atoms with Crippen LogP contribution in [0.4, 0.5) is 0 Å². The summed E-state index contributed by atoms with van der Waals surface area (Å²) in [5.74, 6) is -1.63. The van der Waals surface area contributed by atoms with Crippen LogP contribution in [0, 0.1) is 6.92 Å². The monoisotopic (exact) mass is 440 g/mol.